The second-order valence-corrected chi connectivity index (χ2v) is 7.18. The van der Waals surface area contributed by atoms with Crippen molar-refractivity contribution in [1.29, 1.82) is 0 Å². The lowest BCUT2D eigenvalue weighted by atomic mass is 10.2. The number of carboxylic acids is 1. The van der Waals surface area contributed by atoms with E-state index >= 15 is 0 Å². The van der Waals surface area contributed by atoms with E-state index in [1.807, 2.05) is 20.8 Å². The van der Waals surface area contributed by atoms with E-state index < -0.39 is 11.6 Å². The highest BCUT2D eigenvalue weighted by Gasteiger charge is 2.25. The van der Waals surface area contributed by atoms with Gasteiger partial charge in [0.25, 0.3) is 0 Å². The minimum Gasteiger partial charge on any atom is -0.478 e. The lowest BCUT2D eigenvalue weighted by molar-refractivity contribution is 0.0263. The Morgan fingerprint density at radius 1 is 1.17 bits per heavy atom. The predicted molar refractivity (Wildman–Crippen MR) is 93.0 cm³/mol. The van der Waals surface area contributed by atoms with Gasteiger partial charge in [-0.05, 0) is 45.4 Å². The summed E-state index contributed by atoms with van der Waals surface area (Å²) >= 11 is 5.92. The number of halogens is 1. The van der Waals surface area contributed by atoms with Gasteiger partial charge in [-0.15, -0.1) is 0 Å². The molecule has 0 unspecified atom stereocenters. The molecule has 2 rings (SSSR count). The third-order valence-corrected chi connectivity index (χ3v) is 4.02. The molecule has 1 aliphatic heterocycles. The molecule has 0 bridgehead atoms. The van der Waals surface area contributed by atoms with Gasteiger partial charge in [0.2, 0.25) is 0 Å². The first-order valence-electron chi connectivity index (χ1n) is 7.93. The monoisotopic (exact) mass is 354 g/mol. The van der Waals surface area contributed by atoms with E-state index in [2.05, 4.69) is 4.90 Å². The Kier molecular flexibility index (Phi) is 5.59. The molecule has 1 heterocycles. The molecule has 24 heavy (non-hydrogen) atoms. The van der Waals surface area contributed by atoms with Crippen molar-refractivity contribution in [2.45, 2.75) is 32.8 Å². The number of carboxylic acid groups (broad SMARTS) is 1. The Bertz CT molecular complexity index is 628. The van der Waals surface area contributed by atoms with E-state index in [0.29, 0.717) is 19.6 Å². The maximum absolute atomic E-state index is 12.2. The van der Waals surface area contributed by atoms with E-state index in [0.717, 1.165) is 18.7 Å². The van der Waals surface area contributed by atoms with Gasteiger partial charge in [-0.1, -0.05) is 11.6 Å². The molecule has 0 spiro atoms. The number of ether oxygens (including phenoxy) is 1. The van der Waals surface area contributed by atoms with Crippen LogP contribution >= 0.6 is 11.6 Å². The normalized spacial score (nSPS) is 15.8. The van der Waals surface area contributed by atoms with Crippen LogP contribution in [0.5, 0.6) is 0 Å². The molecule has 1 amide bonds. The second-order valence-electron chi connectivity index (χ2n) is 6.78. The largest absolute Gasteiger partial charge is 0.478 e. The third kappa shape index (κ3) is 4.77. The van der Waals surface area contributed by atoms with Crippen LogP contribution in [-0.4, -0.2) is 53.8 Å². The second kappa shape index (κ2) is 7.30. The summed E-state index contributed by atoms with van der Waals surface area (Å²) in [6.07, 6.45) is 0.469. The van der Waals surface area contributed by atoms with Crippen LogP contribution in [0.4, 0.5) is 10.5 Å². The highest BCUT2D eigenvalue weighted by atomic mass is 35.5. The maximum atomic E-state index is 12.2. The summed E-state index contributed by atoms with van der Waals surface area (Å²) in [5, 5.41) is 9.41. The maximum Gasteiger partial charge on any atom is 0.410 e. The molecule has 0 aromatic heterocycles. The van der Waals surface area contributed by atoms with Crippen LogP contribution < -0.4 is 4.90 Å². The van der Waals surface area contributed by atoms with Crippen molar-refractivity contribution >= 4 is 29.4 Å². The van der Waals surface area contributed by atoms with Crippen LogP contribution in [-0.2, 0) is 4.74 Å². The Labute approximate surface area is 146 Å². The Hall–Kier alpha value is -1.95. The molecule has 7 heteroatoms. The molecule has 1 saturated heterocycles. The van der Waals surface area contributed by atoms with Gasteiger partial charge < -0.3 is 19.6 Å². The fourth-order valence-electron chi connectivity index (χ4n) is 2.56. The van der Waals surface area contributed by atoms with Crippen LogP contribution in [0.25, 0.3) is 0 Å². The fourth-order valence-corrected chi connectivity index (χ4v) is 2.76. The van der Waals surface area contributed by atoms with Crippen LogP contribution in [0.3, 0.4) is 0 Å². The molecule has 1 fully saturated rings. The van der Waals surface area contributed by atoms with E-state index in [9.17, 15) is 14.7 Å². The van der Waals surface area contributed by atoms with Gasteiger partial charge in [0, 0.05) is 31.9 Å². The van der Waals surface area contributed by atoms with Crippen molar-refractivity contribution in [3.63, 3.8) is 0 Å². The third-order valence-electron chi connectivity index (χ3n) is 3.69. The minimum atomic E-state index is -1.05. The smallest absolute Gasteiger partial charge is 0.410 e. The van der Waals surface area contributed by atoms with Crippen molar-refractivity contribution in [2.75, 3.05) is 31.1 Å². The average Bonchev–Trinajstić information content (AvgIpc) is 2.71. The number of carbonyl (C=O) groups excluding carboxylic acids is 1. The highest BCUT2D eigenvalue weighted by Crippen LogP contribution is 2.24. The molecule has 0 radical (unpaired) electrons. The Morgan fingerprint density at radius 3 is 2.50 bits per heavy atom. The molecule has 1 aliphatic rings. The van der Waals surface area contributed by atoms with Crippen molar-refractivity contribution in [2.24, 2.45) is 0 Å². The standard InChI is InChI=1S/C17H23ClN2O4/c1-17(2,3)24-16(23)20-8-4-7-19(9-10-20)12-5-6-14(18)13(11-12)15(21)22/h5-6,11H,4,7-10H2,1-3H3,(H,21,22). The van der Waals surface area contributed by atoms with Gasteiger partial charge >= 0.3 is 12.1 Å². The number of hydrogen-bond donors (Lipinski definition) is 1. The number of nitrogens with zero attached hydrogens (tertiary/aromatic N) is 2. The van der Waals surface area contributed by atoms with Gasteiger partial charge in [-0.25, -0.2) is 9.59 Å². The Morgan fingerprint density at radius 2 is 1.88 bits per heavy atom. The zero-order valence-electron chi connectivity index (χ0n) is 14.2. The molecular formula is C17H23ClN2O4. The number of benzene rings is 1. The lowest BCUT2D eigenvalue weighted by Crippen LogP contribution is -2.39. The summed E-state index contributed by atoms with van der Waals surface area (Å²) in [5.74, 6) is -1.05. The molecule has 6 nitrogen and oxygen atoms in total. The number of amides is 1. The zero-order chi connectivity index (χ0) is 17.9. The van der Waals surface area contributed by atoms with E-state index in [1.165, 1.54) is 0 Å². The van der Waals surface area contributed by atoms with Crippen molar-refractivity contribution in [1.82, 2.24) is 4.90 Å². The molecule has 0 aliphatic carbocycles. The molecule has 0 saturated carbocycles. The molecular weight excluding hydrogens is 332 g/mol. The summed E-state index contributed by atoms with van der Waals surface area (Å²) < 4.78 is 5.41. The SMILES string of the molecule is CC(C)(C)OC(=O)N1CCCN(c2ccc(Cl)c(C(=O)O)c2)CC1. The highest BCUT2D eigenvalue weighted by molar-refractivity contribution is 6.33. The first-order valence-corrected chi connectivity index (χ1v) is 8.31. The van der Waals surface area contributed by atoms with E-state index in [1.54, 1.807) is 23.1 Å². The number of anilines is 1. The minimum absolute atomic E-state index is 0.0856. The zero-order valence-corrected chi connectivity index (χ0v) is 15.0. The molecule has 0 atom stereocenters. The summed E-state index contributed by atoms with van der Waals surface area (Å²) in [6.45, 7) is 8.02. The summed E-state index contributed by atoms with van der Waals surface area (Å²) in [5.41, 5.74) is 0.362. The van der Waals surface area contributed by atoms with Crippen LogP contribution in [0.1, 0.15) is 37.6 Å². The predicted octanol–water partition coefficient (Wildman–Crippen LogP) is 3.49. The van der Waals surface area contributed by atoms with Gasteiger partial charge in [0.05, 0.1) is 10.6 Å². The van der Waals surface area contributed by atoms with E-state index in [4.69, 9.17) is 16.3 Å². The molecule has 1 aromatic carbocycles. The van der Waals surface area contributed by atoms with Gasteiger partial charge in [0.1, 0.15) is 5.60 Å². The summed E-state index contributed by atoms with van der Waals surface area (Å²) in [4.78, 5) is 27.2. The van der Waals surface area contributed by atoms with E-state index in [-0.39, 0.29) is 16.7 Å². The molecule has 1 N–H and O–H groups in total. The number of carbonyl (C=O) groups is 2. The lowest BCUT2D eigenvalue weighted by Gasteiger charge is -2.27. The summed E-state index contributed by atoms with van der Waals surface area (Å²) in [7, 11) is 0. The van der Waals surface area contributed by atoms with Gasteiger partial charge in [-0.2, -0.15) is 0 Å². The van der Waals surface area contributed by atoms with Gasteiger partial charge in [-0.3, -0.25) is 0 Å². The average molecular weight is 355 g/mol. The number of rotatable bonds is 2. The topological polar surface area (TPSA) is 70.1 Å². The van der Waals surface area contributed by atoms with Crippen molar-refractivity contribution in [3.8, 4) is 0 Å². The molecule has 132 valence electrons. The first-order chi connectivity index (χ1) is 11.2. The van der Waals surface area contributed by atoms with Crippen molar-refractivity contribution < 1.29 is 19.4 Å². The number of hydrogen-bond acceptors (Lipinski definition) is 4. The first kappa shape index (κ1) is 18.4. The number of aromatic carboxylic acids is 1. The fraction of sp³-hybridized carbons (Fsp3) is 0.529. The van der Waals surface area contributed by atoms with Crippen LogP contribution in [0.15, 0.2) is 18.2 Å². The molecule has 1 aromatic rings. The van der Waals surface area contributed by atoms with Crippen LogP contribution in [0, 0.1) is 0 Å². The van der Waals surface area contributed by atoms with Crippen LogP contribution in [0.2, 0.25) is 5.02 Å². The Balaban J connectivity index is 2.07. The van der Waals surface area contributed by atoms with Gasteiger partial charge in [0.15, 0.2) is 0 Å². The van der Waals surface area contributed by atoms with Crippen molar-refractivity contribution in [3.05, 3.63) is 28.8 Å². The quantitative estimate of drug-likeness (QED) is 0.880. The summed E-state index contributed by atoms with van der Waals surface area (Å²) in [6, 6.07) is 4.97.